The first-order valence-electron chi connectivity index (χ1n) is 6.38. The Hall–Kier alpha value is -1.25. The monoisotopic (exact) mass is 285 g/mol. The lowest BCUT2D eigenvalue weighted by molar-refractivity contribution is -0.133. The summed E-state index contributed by atoms with van der Waals surface area (Å²) >= 11 is 1.17. The highest BCUT2D eigenvalue weighted by atomic mass is 32.1. The van der Waals surface area contributed by atoms with Crippen molar-refractivity contribution in [2.24, 2.45) is 0 Å². The summed E-state index contributed by atoms with van der Waals surface area (Å²) in [5.74, 6) is 0.00307. The molecular weight excluding hydrogens is 266 g/mol. The van der Waals surface area contributed by atoms with Gasteiger partial charge in [-0.1, -0.05) is 11.4 Å². The van der Waals surface area contributed by atoms with Crippen molar-refractivity contribution >= 4 is 22.4 Å². The number of hydrogen-bond donors (Lipinski definition) is 2. The molecule has 1 unspecified atom stereocenters. The van der Waals surface area contributed by atoms with Crippen LogP contribution in [0.1, 0.15) is 19.0 Å². The highest BCUT2D eigenvalue weighted by Gasteiger charge is 2.30. The number of nitrogens with two attached hydrogens (primary N) is 1. The summed E-state index contributed by atoms with van der Waals surface area (Å²) in [5, 5.41) is 7.51. The maximum Gasteiger partial charge on any atom is 0.239 e. The zero-order chi connectivity index (χ0) is 13.7. The number of hydrogen-bond acceptors (Lipinski definition) is 7. The second kappa shape index (κ2) is 6.78. The van der Waals surface area contributed by atoms with Crippen molar-refractivity contribution in [1.29, 1.82) is 0 Å². The van der Waals surface area contributed by atoms with Crippen LogP contribution in [0.2, 0.25) is 0 Å². The maximum atomic E-state index is 12.1. The molecule has 0 radical (unpaired) electrons. The summed E-state index contributed by atoms with van der Waals surface area (Å²) < 4.78 is 9.21. The molecule has 2 rings (SSSR count). The first-order valence-corrected chi connectivity index (χ1v) is 7.16. The molecule has 0 aliphatic carbocycles. The van der Waals surface area contributed by atoms with Crippen molar-refractivity contribution in [3.8, 4) is 0 Å². The molecule has 0 saturated carbocycles. The van der Waals surface area contributed by atoms with Gasteiger partial charge in [-0.25, -0.2) is 0 Å². The summed E-state index contributed by atoms with van der Waals surface area (Å²) in [6.45, 7) is 4.97. The standard InChI is InChI=1S/C11H19N5O2S/c1-2-3-13-11(17)9-7-18-5-4-16(9)6-8-10(12)19-15-14-8/h9H,2-7,12H2,1H3,(H,13,17). The number of nitrogens with zero attached hydrogens (tertiary/aromatic N) is 3. The number of nitrogens with one attached hydrogen (secondary N) is 1. The quantitative estimate of drug-likeness (QED) is 0.781. The van der Waals surface area contributed by atoms with Crippen LogP contribution >= 0.6 is 11.5 Å². The average molecular weight is 285 g/mol. The lowest BCUT2D eigenvalue weighted by Gasteiger charge is -2.33. The first kappa shape index (κ1) is 14.2. The van der Waals surface area contributed by atoms with Crippen molar-refractivity contribution in [3.63, 3.8) is 0 Å². The molecule has 1 aromatic rings. The molecule has 1 saturated heterocycles. The lowest BCUT2D eigenvalue weighted by atomic mass is 10.2. The molecule has 8 heteroatoms. The molecule has 0 aromatic carbocycles. The fourth-order valence-electron chi connectivity index (χ4n) is 1.95. The van der Waals surface area contributed by atoms with Gasteiger partial charge in [-0.2, -0.15) is 0 Å². The maximum absolute atomic E-state index is 12.1. The molecule has 3 N–H and O–H groups in total. The van der Waals surface area contributed by atoms with Gasteiger partial charge in [0.25, 0.3) is 0 Å². The minimum atomic E-state index is -0.276. The Bertz CT molecular complexity index is 425. The molecule has 7 nitrogen and oxygen atoms in total. The predicted octanol–water partition coefficient (Wildman–Crippen LogP) is -0.153. The van der Waals surface area contributed by atoms with E-state index in [1.165, 1.54) is 11.5 Å². The Balaban J connectivity index is 1.99. The third-order valence-electron chi connectivity index (χ3n) is 3.03. The van der Waals surface area contributed by atoms with E-state index >= 15 is 0 Å². The Kier molecular flexibility index (Phi) is 5.06. The predicted molar refractivity (Wildman–Crippen MR) is 72.6 cm³/mol. The Morgan fingerprint density at radius 1 is 1.68 bits per heavy atom. The van der Waals surface area contributed by atoms with Crippen LogP contribution in [0.5, 0.6) is 0 Å². The fraction of sp³-hybridized carbons (Fsp3) is 0.727. The fourth-order valence-corrected chi connectivity index (χ4v) is 2.39. The molecule has 19 heavy (non-hydrogen) atoms. The number of carbonyl (C=O) groups is 1. The summed E-state index contributed by atoms with van der Waals surface area (Å²) in [5.41, 5.74) is 6.53. The van der Waals surface area contributed by atoms with Gasteiger partial charge in [0.2, 0.25) is 5.91 Å². The van der Waals surface area contributed by atoms with Crippen LogP contribution in [0, 0.1) is 0 Å². The third-order valence-corrected chi connectivity index (χ3v) is 3.62. The van der Waals surface area contributed by atoms with E-state index in [0.717, 1.165) is 12.1 Å². The number of aromatic nitrogens is 2. The number of amides is 1. The molecule has 1 fully saturated rings. The van der Waals surface area contributed by atoms with Crippen molar-refractivity contribution in [1.82, 2.24) is 19.8 Å². The molecule has 1 atom stereocenters. The number of morpholine rings is 1. The van der Waals surface area contributed by atoms with E-state index in [2.05, 4.69) is 14.9 Å². The normalized spacial score (nSPS) is 20.4. The lowest BCUT2D eigenvalue weighted by Crippen LogP contribution is -2.53. The smallest absolute Gasteiger partial charge is 0.239 e. The van der Waals surface area contributed by atoms with Crippen LogP contribution in [0.3, 0.4) is 0 Å². The summed E-state index contributed by atoms with van der Waals surface area (Å²) in [6.07, 6.45) is 0.919. The molecule has 106 valence electrons. The Morgan fingerprint density at radius 2 is 2.53 bits per heavy atom. The second-order valence-corrected chi connectivity index (χ2v) is 5.22. The van der Waals surface area contributed by atoms with Gasteiger partial charge in [-0.3, -0.25) is 9.69 Å². The zero-order valence-corrected chi connectivity index (χ0v) is 11.8. The van der Waals surface area contributed by atoms with Crippen molar-refractivity contribution < 1.29 is 9.53 Å². The van der Waals surface area contributed by atoms with Crippen LogP contribution in [-0.4, -0.2) is 52.7 Å². The summed E-state index contributed by atoms with van der Waals surface area (Å²) in [6, 6.07) is -0.276. The van der Waals surface area contributed by atoms with E-state index in [9.17, 15) is 4.79 Å². The molecule has 1 aromatic heterocycles. The highest BCUT2D eigenvalue weighted by Crippen LogP contribution is 2.18. The second-order valence-electron chi connectivity index (χ2n) is 4.44. The Labute approximate surface area is 116 Å². The molecule has 2 heterocycles. The van der Waals surface area contributed by atoms with Crippen LogP contribution in [-0.2, 0) is 16.1 Å². The van der Waals surface area contributed by atoms with Gasteiger partial charge in [0, 0.05) is 31.2 Å². The zero-order valence-electron chi connectivity index (χ0n) is 11.0. The van der Waals surface area contributed by atoms with Crippen molar-refractivity contribution in [3.05, 3.63) is 5.69 Å². The average Bonchev–Trinajstić information content (AvgIpc) is 2.82. The Morgan fingerprint density at radius 3 is 3.21 bits per heavy atom. The highest BCUT2D eigenvalue weighted by molar-refractivity contribution is 7.09. The largest absolute Gasteiger partial charge is 0.388 e. The van der Waals surface area contributed by atoms with Gasteiger partial charge in [0.05, 0.1) is 13.2 Å². The number of nitrogen functional groups attached to an aromatic ring is 1. The minimum Gasteiger partial charge on any atom is -0.388 e. The van der Waals surface area contributed by atoms with E-state index in [0.29, 0.717) is 37.8 Å². The van der Waals surface area contributed by atoms with Crippen LogP contribution in [0.25, 0.3) is 0 Å². The number of rotatable bonds is 5. The summed E-state index contributed by atoms with van der Waals surface area (Å²) in [4.78, 5) is 14.1. The van der Waals surface area contributed by atoms with Crippen LogP contribution in [0.15, 0.2) is 0 Å². The molecule has 0 bridgehead atoms. The van der Waals surface area contributed by atoms with Gasteiger partial charge >= 0.3 is 0 Å². The SMILES string of the molecule is CCCNC(=O)C1COCCN1Cc1nnsc1N. The van der Waals surface area contributed by atoms with E-state index in [-0.39, 0.29) is 11.9 Å². The van der Waals surface area contributed by atoms with Gasteiger partial charge in [-0.15, -0.1) is 5.10 Å². The molecular formula is C11H19N5O2S. The molecule has 1 aliphatic heterocycles. The summed E-state index contributed by atoms with van der Waals surface area (Å²) in [7, 11) is 0. The number of carbonyl (C=O) groups excluding carboxylic acids is 1. The van der Waals surface area contributed by atoms with Gasteiger partial charge < -0.3 is 15.8 Å². The van der Waals surface area contributed by atoms with E-state index < -0.39 is 0 Å². The van der Waals surface area contributed by atoms with E-state index in [4.69, 9.17) is 10.5 Å². The van der Waals surface area contributed by atoms with Crippen LogP contribution < -0.4 is 11.1 Å². The molecule has 0 spiro atoms. The number of anilines is 1. The van der Waals surface area contributed by atoms with Crippen LogP contribution in [0.4, 0.5) is 5.00 Å². The van der Waals surface area contributed by atoms with E-state index in [1.54, 1.807) is 0 Å². The van der Waals surface area contributed by atoms with E-state index in [1.807, 2.05) is 11.8 Å². The van der Waals surface area contributed by atoms with Crippen molar-refractivity contribution in [2.75, 3.05) is 32.0 Å². The van der Waals surface area contributed by atoms with Gasteiger partial charge in [-0.05, 0) is 6.42 Å². The van der Waals surface area contributed by atoms with Gasteiger partial charge in [0.15, 0.2) is 0 Å². The topological polar surface area (TPSA) is 93.4 Å². The minimum absolute atomic E-state index is 0.00307. The van der Waals surface area contributed by atoms with Crippen molar-refractivity contribution in [2.45, 2.75) is 25.9 Å². The third kappa shape index (κ3) is 3.62. The van der Waals surface area contributed by atoms with Gasteiger partial charge in [0.1, 0.15) is 16.7 Å². The molecule has 1 aliphatic rings. The number of ether oxygens (including phenoxy) is 1. The molecule has 1 amide bonds. The first-order chi connectivity index (χ1) is 9.22.